The first-order valence-electron chi connectivity index (χ1n) is 11.2. The lowest BCUT2D eigenvalue weighted by Crippen LogP contribution is -2.54. The monoisotopic (exact) mass is 513 g/mol. The first-order chi connectivity index (χ1) is 16.9. The maximum Gasteiger partial charge on any atom is 0.471 e. The Morgan fingerprint density at radius 3 is 2.67 bits per heavy atom. The number of likely N-dealkylation sites (N-methyl/N-ethyl adjacent to an activating group) is 1. The van der Waals surface area contributed by atoms with Gasteiger partial charge in [0.15, 0.2) is 0 Å². The fourth-order valence-electron chi connectivity index (χ4n) is 4.05. The third kappa shape index (κ3) is 5.37. The van der Waals surface area contributed by atoms with Crippen molar-refractivity contribution in [3.8, 4) is 0 Å². The molecular formula is C25H28N3O7P. The Morgan fingerprint density at radius 2 is 1.97 bits per heavy atom. The molecule has 1 aliphatic heterocycles. The maximum absolute atomic E-state index is 12.8. The van der Waals surface area contributed by atoms with Crippen LogP contribution in [0.4, 0.5) is 11.4 Å². The second-order valence-electron chi connectivity index (χ2n) is 9.18. The van der Waals surface area contributed by atoms with Crippen molar-refractivity contribution in [3.05, 3.63) is 65.4 Å². The second kappa shape index (κ2) is 9.55. The van der Waals surface area contributed by atoms with Crippen molar-refractivity contribution in [1.82, 2.24) is 4.90 Å². The van der Waals surface area contributed by atoms with Crippen LogP contribution in [0, 0.1) is 6.92 Å². The number of rotatable bonds is 7. The van der Waals surface area contributed by atoms with Crippen LogP contribution in [-0.2, 0) is 25.2 Å². The van der Waals surface area contributed by atoms with Crippen LogP contribution in [0.5, 0.6) is 0 Å². The molecule has 0 saturated carbocycles. The van der Waals surface area contributed by atoms with Gasteiger partial charge in [0, 0.05) is 24.1 Å². The molecule has 4 rings (SSSR count). The number of hydrogen-bond donors (Lipinski definition) is 3. The molecule has 10 nitrogen and oxygen atoms in total. The van der Waals surface area contributed by atoms with Gasteiger partial charge in [0.05, 0.1) is 17.9 Å². The number of nitrogens with zero attached hydrogens (tertiary/aromatic N) is 2. The average molecular weight is 513 g/mol. The van der Waals surface area contributed by atoms with Crippen molar-refractivity contribution in [1.29, 1.82) is 0 Å². The summed E-state index contributed by atoms with van der Waals surface area (Å²) in [6, 6.07) is 12.8. The predicted molar refractivity (Wildman–Crippen MR) is 136 cm³/mol. The number of furan rings is 1. The van der Waals surface area contributed by atoms with Crippen molar-refractivity contribution in [2.75, 3.05) is 24.0 Å². The minimum atomic E-state index is -4.77. The zero-order chi connectivity index (χ0) is 26.3. The molecule has 2 heterocycles. The van der Waals surface area contributed by atoms with E-state index in [4.69, 9.17) is 14.2 Å². The molecule has 3 N–H and O–H groups in total. The molecule has 11 heteroatoms. The quantitative estimate of drug-likeness (QED) is 0.319. The van der Waals surface area contributed by atoms with Crippen LogP contribution >= 0.6 is 7.82 Å². The number of nitrogens with one attached hydrogen (secondary N) is 1. The molecule has 3 aromatic rings. The summed E-state index contributed by atoms with van der Waals surface area (Å²) >= 11 is 0. The van der Waals surface area contributed by atoms with Gasteiger partial charge in [-0.2, -0.15) is 0 Å². The summed E-state index contributed by atoms with van der Waals surface area (Å²) in [5.41, 5.74) is 2.42. The van der Waals surface area contributed by atoms with Crippen LogP contribution in [0.25, 0.3) is 17.0 Å². The number of para-hydroxylation sites is 1. The predicted octanol–water partition coefficient (Wildman–Crippen LogP) is 4.02. The highest BCUT2D eigenvalue weighted by atomic mass is 31.2. The van der Waals surface area contributed by atoms with E-state index in [1.807, 2.05) is 31.2 Å². The summed E-state index contributed by atoms with van der Waals surface area (Å²) in [7, 11) is -3.07. The largest absolute Gasteiger partial charge is 0.471 e. The van der Waals surface area contributed by atoms with Gasteiger partial charge < -0.3 is 24.4 Å². The fraction of sp³-hybridized carbons (Fsp3) is 0.280. The van der Waals surface area contributed by atoms with Crippen LogP contribution in [0.2, 0.25) is 0 Å². The lowest BCUT2D eigenvalue weighted by atomic mass is 9.97. The average Bonchev–Trinajstić information content (AvgIpc) is 3.12. The van der Waals surface area contributed by atoms with Crippen LogP contribution in [-0.4, -0.2) is 45.8 Å². The zero-order valence-electron chi connectivity index (χ0n) is 20.4. The highest BCUT2D eigenvalue weighted by Gasteiger charge is 2.39. The molecule has 1 aliphatic rings. The number of fused-ring (bicyclic) bond motifs is 2. The van der Waals surface area contributed by atoms with E-state index in [-0.39, 0.29) is 5.91 Å². The molecule has 0 fully saturated rings. The van der Waals surface area contributed by atoms with Crippen molar-refractivity contribution in [3.63, 3.8) is 0 Å². The molecule has 0 atom stereocenters. The smallest absolute Gasteiger partial charge is 0.459 e. The second-order valence-corrected chi connectivity index (χ2v) is 10.4. The number of phosphoric ester groups is 1. The van der Waals surface area contributed by atoms with E-state index in [0.29, 0.717) is 23.5 Å². The Morgan fingerprint density at radius 1 is 1.25 bits per heavy atom. The molecule has 1 aromatic heterocycles. The Balaban J connectivity index is 1.50. The molecule has 2 amide bonds. The van der Waals surface area contributed by atoms with Crippen LogP contribution in [0.3, 0.4) is 0 Å². The Kier molecular flexibility index (Phi) is 6.81. The molecule has 190 valence electrons. The van der Waals surface area contributed by atoms with Crippen molar-refractivity contribution in [2.45, 2.75) is 32.9 Å². The topological polar surface area (TPSA) is 133 Å². The van der Waals surface area contributed by atoms with Gasteiger partial charge in [-0.05, 0) is 50.6 Å². The molecule has 0 bridgehead atoms. The molecule has 0 saturated heterocycles. The van der Waals surface area contributed by atoms with Crippen molar-refractivity contribution in [2.24, 2.45) is 0 Å². The molecule has 36 heavy (non-hydrogen) atoms. The van der Waals surface area contributed by atoms with E-state index in [1.54, 1.807) is 50.1 Å². The van der Waals surface area contributed by atoms with Crippen LogP contribution < -0.4 is 10.2 Å². The summed E-state index contributed by atoms with van der Waals surface area (Å²) in [4.78, 5) is 46.4. The van der Waals surface area contributed by atoms with Crippen LogP contribution in [0.15, 0.2) is 53.0 Å². The molecule has 0 unspecified atom stereocenters. The summed E-state index contributed by atoms with van der Waals surface area (Å²) in [5, 5.41) is 4.15. The Hall–Kier alpha value is -3.43. The SMILES string of the molecule is Cc1c(CN(C)C(=O)/C=C/c2ccc3c(c2)NC(C)(C)C(=O)N3COP(=O)(O)O)oc2ccccc12. The number of carbonyl (C=O) groups is 2. The molecule has 0 spiro atoms. The normalized spacial score (nSPS) is 15.3. The third-order valence-corrected chi connectivity index (χ3v) is 6.46. The summed E-state index contributed by atoms with van der Waals surface area (Å²) in [6.07, 6.45) is 3.11. The zero-order valence-corrected chi connectivity index (χ0v) is 21.3. The van der Waals surface area contributed by atoms with E-state index < -0.39 is 26.0 Å². The van der Waals surface area contributed by atoms with Gasteiger partial charge in [-0.25, -0.2) is 4.57 Å². The first kappa shape index (κ1) is 25.7. The van der Waals surface area contributed by atoms with E-state index >= 15 is 0 Å². The summed E-state index contributed by atoms with van der Waals surface area (Å²) in [6.45, 7) is 5.00. The van der Waals surface area contributed by atoms with E-state index in [2.05, 4.69) is 9.84 Å². The summed E-state index contributed by atoms with van der Waals surface area (Å²) in [5.74, 6) is 0.111. The van der Waals surface area contributed by atoms with Crippen molar-refractivity contribution >= 4 is 48.1 Å². The Labute approximate surface area is 208 Å². The lowest BCUT2D eigenvalue weighted by Gasteiger charge is -2.39. The van der Waals surface area contributed by atoms with Crippen molar-refractivity contribution < 1.29 is 32.9 Å². The minimum absolute atomic E-state index is 0.215. The number of amides is 2. The molecule has 0 aliphatic carbocycles. The third-order valence-electron chi connectivity index (χ3n) is 6.01. The van der Waals surface area contributed by atoms with Gasteiger partial charge in [0.25, 0.3) is 5.91 Å². The summed E-state index contributed by atoms with van der Waals surface area (Å²) < 4.78 is 21.6. The van der Waals surface area contributed by atoms with E-state index in [1.165, 1.54) is 11.0 Å². The van der Waals surface area contributed by atoms with E-state index in [9.17, 15) is 14.2 Å². The van der Waals surface area contributed by atoms with Crippen LogP contribution in [0.1, 0.15) is 30.7 Å². The number of aryl methyl sites for hydroxylation is 1. The van der Waals surface area contributed by atoms with E-state index in [0.717, 1.165) is 22.3 Å². The van der Waals surface area contributed by atoms with Gasteiger partial charge in [-0.3, -0.25) is 19.0 Å². The molecule has 0 radical (unpaired) electrons. The van der Waals surface area contributed by atoms with Gasteiger partial charge in [0.2, 0.25) is 5.91 Å². The first-order valence-corrected chi connectivity index (χ1v) is 12.7. The number of carbonyl (C=O) groups excluding carboxylic acids is 2. The number of hydrogen-bond acceptors (Lipinski definition) is 6. The standard InChI is InChI=1S/C25H28N3O7P/c1-16-18-7-5-6-8-21(18)35-22(16)14-27(4)23(29)12-10-17-9-11-20-19(13-17)26-25(2,3)24(30)28(20)15-34-36(31,32)33/h5-13,26H,14-15H2,1-4H3,(H2,31,32,33)/b12-10+. The highest BCUT2D eigenvalue weighted by Crippen LogP contribution is 2.40. The number of anilines is 2. The fourth-order valence-corrected chi connectivity index (χ4v) is 4.32. The maximum atomic E-state index is 12.8. The number of phosphoric acid groups is 1. The van der Waals surface area contributed by atoms with Gasteiger partial charge in [-0.15, -0.1) is 0 Å². The lowest BCUT2D eigenvalue weighted by molar-refractivity contribution is -0.125. The molecular weight excluding hydrogens is 485 g/mol. The molecule has 2 aromatic carbocycles. The van der Waals surface area contributed by atoms with Gasteiger partial charge in [-0.1, -0.05) is 24.3 Å². The number of benzene rings is 2. The highest BCUT2D eigenvalue weighted by molar-refractivity contribution is 7.46. The van der Waals surface area contributed by atoms with Gasteiger partial charge >= 0.3 is 7.82 Å². The Bertz CT molecular complexity index is 1410. The minimum Gasteiger partial charge on any atom is -0.459 e. The van der Waals surface area contributed by atoms with Gasteiger partial charge in [0.1, 0.15) is 23.6 Å².